The molecule has 1 unspecified atom stereocenters. The van der Waals surface area contributed by atoms with Gasteiger partial charge in [-0.05, 0) is 19.3 Å². The second kappa shape index (κ2) is 7.51. The van der Waals surface area contributed by atoms with Crippen LogP contribution in [0.2, 0.25) is 0 Å². The normalized spacial score (nSPS) is 12.4. The number of nitrogens with one attached hydrogen (secondary N) is 1. The van der Waals surface area contributed by atoms with Crippen LogP contribution in [0.25, 0.3) is 10.6 Å². The van der Waals surface area contributed by atoms with E-state index in [1.165, 1.54) is 11.3 Å². The molecule has 0 bridgehead atoms. The van der Waals surface area contributed by atoms with Gasteiger partial charge in [-0.15, -0.1) is 11.3 Å². The molecule has 1 atom stereocenters. The summed E-state index contributed by atoms with van der Waals surface area (Å²) < 4.78 is 0. The molecule has 0 aliphatic rings. The van der Waals surface area contributed by atoms with E-state index >= 15 is 0 Å². The lowest BCUT2D eigenvalue weighted by Gasteiger charge is -2.14. The summed E-state index contributed by atoms with van der Waals surface area (Å²) in [5, 5.41) is 13.5. The van der Waals surface area contributed by atoms with Crippen molar-refractivity contribution in [1.82, 2.24) is 10.3 Å². The highest BCUT2D eigenvalue weighted by Gasteiger charge is 2.16. The van der Waals surface area contributed by atoms with Gasteiger partial charge in [0.25, 0.3) is 5.91 Å². The van der Waals surface area contributed by atoms with Crippen LogP contribution in [0.1, 0.15) is 35.6 Å². The summed E-state index contributed by atoms with van der Waals surface area (Å²) in [4.78, 5) is 17.4. The fourth-order valence-corrected chi connectivity index (χ4v) is 3.05. The molecule has 2 N–H and O–H groups in total. The summed E-state index contributed by atoms with van der Waals surface area (Å²) in [6, 6.07) is 9.84. The first-order chi connectivity index (χ1) is 10.5. The molecule has 0 spiro atoms. The van der Waals surface area contributed by atoms with Crippen molar-refractivity contribution in [2.75, 3.05) is 6.54 Å². The van der Waals surface area contributed by atoms with Crippen LogP contribution in [-0.2, 0) is 0 Å². The van der Waals surface area contributed by atoms with Crippen LogP contribution in [0.15, 0.2) is 30.3 Å². The standard InChI is InChI=1S/C17H22N2O2S/c1-11(2)14(20)9-10-18-16(21)15-12(3)19-17(22-15)13-7-5-4-6-8-13/h4-8,11,14,20H,9-10H2,1-3H3,(H,18,21). The predicted molar refractivity (Wildman–Crippen MR) is 90.1 cm³/mol. The highest BCUT2D eigenvalue weighted by Crippen LogP contribution is 2.27. The number of hydrogen-bond acceptors (Lipinski definition) is 4. The minimum atomic E-state index is -0.386. The maximum atomic E-state index is 12.2. The van der Waals surface area contributed by atoms with Gasteiger partial charge in [-0.25, -0.2) is 4.98 Å². The molecule has 1 aromatic heterocycles. The molecule has 4 nitrogen and oxygen atoms in total. The van der Waals surface area contributed by atoms with Gasteiger partial charge < -0.3 is 10.4 Å². The Labute approximate surface area is 135 Å². The van der Waals surface area contributed by atoms with Gasteiger partial charge in [0.2, 0.25) is 0 Å². The van der Waals surface area contributed by atoms with Gasteiger partial charge in [0, 0.05) is 12.1 Å². The molecule has 2 aromatic rings. The lowest BCUT2D eigenvalue weighted by atomic mass is 10.0. The van der Waals surface area contributed by atoms with E-state index in [2.05, 4.69) is 10.3 Å². The number of thiazole rings is 1. The molecule has 2 rings (SSSR count). The predicted octanol–water partition coefficient (Wildman–Crippen LogP) is 3.26. The van der Waals surface area contributed by atoms with Crippen molar-refractivity contribution in [3.05, 3.63) is 40.9 Å². The first kappa shape index (κ1) is 16.6. The highest BCUT2D eigenvalue weighted by molar-refractivity contribution is 7.17. The van der Waals surface area contributed by atoms with Gasteiger partial charge in [0.15, 0.2) is 0 Å². The van der Waals surface area contributed by atoms with Crippen LogP contribution in [0.3, 0.4) is 0 Å². The van der Waals surface area contributed by atoms with E-state index in [1.807, 2.05) is 51.1 Å². The average molecular weight is 318 g/mol. The number of amides is 1. The van der Waals surface area contributed by atoms with E-state index in [0.717, 1.165) is 16.3 Å². The van der Waals surface area contributed by atoms with Gasteiger partial charge >= 0.3 is 0 Å². The van der Waals surface area contributed by atoms with Gasteiger partial charge in [-0.2, -0.15) is 0 Å². The Balaban J connectivity index is 2.00. The molecule has 0 radical (unpaired) electrons. The Kier molecular flexibility index (Phi) is 5.69. The third-order valence-corrected chi connectivity index (χ3v) is 4.72. The summed E-state index contributed by atoms with van der Waals surface area (Å²) in [7, 11) is 0. The number of aliphatic hydroxyl groups excluding tert-OH is 1. The fourth-order valence-electron chi connectivity index (χ4n) is 2.06. The molecule has 0 aliphatic heterocycles. The Bertz CT molecular complexity index is 623. The topological polar surface area (TPSA) is 62.2 Å². The quantitative estimate of drug-likeness (QED) is 0.859. The second-order valence-corrected chi connectivity index (χ2v) is 6.65. The van der Waals surface area contributed by atoms with Gasteiger partial charge in [-0.1, -0.05) is 44.2 Å². The van der Waals surface area contributed by atoms with Crippen LogP contribution in [0, 0.1) is 12.8 Å². The van der Waals surface area contributed by atoms with E-state index in [1.54, 1.807) is 0 Å². The molecule has 22 heavy (non-hydrogen) atoms. The Morgan fingerprint density at radius 3 is 2.64 bits per heavy atom. The van der Waals surface area contributed by atoms with E-state index in [0.29, 0.717) is 17.8 Å². The van der Waals surface area contributed by atoms with Crippen molar-refractivity contribution < 1.29 is 9.90 Å². The number of aliphatic hydroxyl groups is 1. The summed E-state index contributed by atoms with van der Waals surface area (Å²) in [6.07, 6.45) is 0.176. The SMILES string of the molecule is Cc1nc(-c2ccccc2)sc1C(=O)NCCC(O)C(C)C. The van der Waals surface area contributed by atoms with E-state index in [9.17, 15) is 9.90 Å². The molecular weight excluding hydrogens is 296 g/mol. The lowest BCUT2D eigenvalue weighted by molar-refractivity contribution is 0.0923. The van der Waals surface area contributed by atoms with Crippen molar-refractivity contribution in [2.45, 2.75) is 33.3 Å². The number of aromatic nitrogens is 1. The summed E-state index contributed by atoms with van der Waals surface area (Å²) >= 11 is 1.40. The van der Waals surface area contributed by atoms with Crippen molar-refractivity contribution in [3.63, 3.8) is 0 Å². The van der Waals surface area contributed by atoms with Crippen LogP contribution >= 0.6 is 11.3 Å². The molecule has 1 amide bonds. The van der Waals surface area contributed by atoms with Crippen molar-refractivity contribution in [2.24, 2.45) is 5.92 Å². The van der Waals surface area contributed by atoms with Crippen LogP contribution in [0.5, 0.6) is 0 Å². The first-order valence-corrected chi connectivity index (χ1v) is 8.29. The number of rotatable bonds is 6. The number of carbonyl (C=O) groups is 1. The summed E-state index contributed by atoms with van der Waals surface area (Å²) in [6.45, 7) is 6.24. The maximum absolute atomic E-state index is 12.2. The van der Waals surface area contributed by atoms with Gasteiger partial charge in [0.1, 0.15) is 9.88 Å². The maximum Gasteiger partial charge on any atom is 0.263 e. The molecule has 0 aliphatic carbocycles. The second-order valence-electron chi connectivity index (χ2n) is 5.66. The fraction of sp³-hybridized carbons (Fsp3) is 0.412. The molecule has 0 saturated carbocycles. The highest BCUT2D eigenvalue weighted by atomic mass is 32.1. The number of aryl methyl sites for hydroxylation is 1. The molecule has 1 aromatic carbocycles. The Morgan fingerprint density at radius 1 is 1.32 bits per heavy atom. The van der Waals surface area contributed by atoms with Gasteiger partial charge in [-0.3, -0.25) is 4.79 Å². The Hall–Kier alpha value is -1.72. The number of nitrogens with zero attached hydrogens (tertiary/aromatic N) is 1. The molecule has 0 fully saturated rings. The number of hydrogen-bond donors (Lipinski definition) is 2. The number of carbonyl (C=O) groups excluding carboxylic acids is 1. The minimum Gasteiger partial charge on any atom is -0.393 e. The van der Waals surface area contributed by atoms with E-state index in [-0.39, 0.29) is 17.9 Å². The summed E-state index contributed by atoms with van der Waals surface area (Å²) in [5.74, 6) is 0.0832. The van der Waals surface area contributed by atoms with Crippen molar-refractivity contribution in [1.29, 1.82) is 0 Å². The van der Waals surface area contributed by atoms with Crippen molar-refractivity contribution in [3.8, 4) is 10.6 Å². The smallest absolute Gasteiger partial charge is 0.263 e. The summed E-state index contributed by atoms with van der Waals surface area (Å²) in [5.41, 5.74) is 1.76. The lowest BCUT2D eigenvalue weighted by Crippen LogP contribution is -2.28. The van der Waals surface area contributed by atoms with E-state index in [4.69, 9.17) is 0 Å². The molecule has 1 heterocycles. The zero-order valence-electron chi connectivity index (χ0n) is 13.2. The van der Waals surface area contributed by atoms with Gasteiger partial charge in [0.05, 0.1) is 11.8 Å². The monoisotopic (exact) mass is 318 g/mol. The Morgan fingerprint density at radius 2 is 2.00 bits per heavy atom. The van der Waals surface area contributed by atoms with Crippen molar-refractivity contribution >= 4 is 17.2 Å². The average Bonchev–Trinajstić information content (AvgIpc) is 2.90. The molecule has 118 valence electrons. The third-order valence-electron chi connectivity index (χ3n) is 3.52. The molecular formula is C17H22N2O2S. The first-order valence-electron chi connectivity index (χ1n) is 7.48. The molecule has 0 saturated heterocycles. The zero-order chi connectivity index (χ0) is 16.1. The van der Waals surface area contributed by atoms with Crippen LogP contribution in [0.4, 0.5) is 0 Å². The van der Waals surface area contributed by atoms with Crippen LogP contribution < -0.4 is 5.32 Å². The number of benzene rings is 1. The zero-order valence-corrected chi connectivity index (χ0v) is 14.0. The van der Waals surface area contributed by atoms with E-state index < -0.39 is 0 Å². The van der Waals surface area contributed by atoms with Crippen LogP contribution in [-0.4, -0.2) is 28.6 Å². The minimum absolute atomic E-state index is 0.117. The largest absolute Gasteiger partial charge is 0.393 e. The molecule has 5 heteroatoms. The third kappa shape index (κ3) is 4.15.